The van der Waals surface area contributed by atoms with Crippen LogP contribution < -0.4 is 10.4 Å². The van der Waals surface area contributed by atoms with Crippen molar-refractivity contribution in [3.8, 4) is 0 Å². The summed E-state index contributed by atoms with van der Waals surface area (Å²) in [6, 6.07) is 21.3. The van der Waals surface area contributed by atoms with Crippen molar-refractivity contribution in [2.45, 2.75) is 33.7 Å². The van der Waals surface area contributed by atoms with E-state index in [0.29, 0.717) is 5.92 Å². The summed E-state index contributed by atoms with van der Waals surface area (Å²) in [7, 11) is -2.31. The molecule has 0 spiro atoms. The second kappa shape index (κ2) is 8.16. The van der Waals surface area contributed by atoms with Gasteiger partial charge in [-0.1, -0.05) is 73.7 Å². The maximum Gasteiger partial charge on any atom is 0.311 e. The number of benzene rings is 2. The molecule has 1 unspecified atom stereocenters. The Balaban J connectivity index is 2.52. The summed E-state index contributed by atoms with van der Waals surface area (Å²) in [5.74, 6) is 1.45. The van der Waals surface area contributed by atoms with Gasteiger partial charge in [-0.2, -0.15) is 0 Å². The van der Waals surface area contributed by atoms with Crippen LogP contribution in [0.1, 0.15) is 27.2 Å². The summed E-state index contributed by atoms with van der Waals surface area (Å²) < 4.78 is 6.86. The van der Waals surface area contributed by atoms with Crippen LogP contribution >= 0.6 is 0 Å². The Bertz CT molecular complexity index is 645. The second-order valence-corrected chi connectivity index (χ2v) is 10.1. The Labute approximate surface area is 147 Å². The zero-order valence-electron chi connectivity index (χ0n) is 15.3. The average molecular weight is 337 g/mol. The van der Waals surface area contributed by atoms with Gasteiger partial charge in [0.25, 0.3) is 0 Å². The van der Waals surface area contributed by atoms with Gasteiger partial charge in [0.1, 0.15) is 0 Å². The van der Waals surface area contributed by atoms with Crippen molar-refractivity contribution in [3.05, 3.63) is 84.7 Å². The molecule has 2 aromatic rings. The fourth-order valence-corrected chi connectivity index (χ4v) is 6.14. The molecule has 0 amide bonds. The lowest BCUT2D eigenvalue weighted by molar-refractivity contribution is 0.354. The highest BCUT2D eigenvalue weighted by Crippen LogP contribution is 2.24. The van der Waals surface area contributed by atoms with Gasteiger partial charge in [-0.25, -0.2) is 0 Å². The van der Waals surface area contributed by atoms with Gasteiger partial charge in [0, 0.05) is 5.92 Å². The minimum Gasteiger partial charge on any atom is -0.538 e. The highest BCUT2D eigenvalue weighted by Gasteiger charge is 2.37. The minimum atomic E-state index is -2.31. The van der Waals surface area contributed by atoms with E-state index < -0.39 is 8.32 Å². The minimum absolute atomic E-state index is 0.340. The summed E-state index contributed by atoms with van der Waals surface area (Å²) in [6.07, 6.45) is 2.90. The summed E-state index contributed by atoms with van der Waals surface area (Å²) >= 11 is 0. The lowest BCUT2D eigenvalue weighted by atomic mass is 10.0. The summed E-state index contributed by atoms with van der Waals surface area (Å²) in [5.41, 5.74) is 1.25. The normalized spacial score (nSPS) is 12.3. The maximum atomic E-state index is 6.86. The first-order valence-electron chi connectivity index (χ1n) is 8.57. The lowest BCUT2D eigenvalue weighted by Gasteiger charge is -2.33. The van der Waals surface area contributed by atoms with Crippen LogP contribution in [0, 0.1) is 5.92 Å². The first kappa shape index (κ1) is 18.3. The van der Waals surface area contributed by atoms with Crippen LogP contribution in [0.3, 0.4) is 0 Å². The van der Waals surface area contributed by atoms with E-state index in [2.05, 4.69) is 94.6 Å². The molecule has 1 atom stereocenters. The molecule has 2 rings (SSSR count). The van der Waals surface area contributed by atoms with Crippen molar-refractivity contribution < 1.29 is 4.43 Å². The highest BCUT2D eigenvalue weighted by molar-refractivity contribution is 6.96. The summed E-state index contributed by atoms with van der Waals surface area (Å²) in [4.78, 5) is 0. The molecule has 1 nitrogen and oxygen atoms in total. The molecule has 2 aromatic carbocycles. The van der Waals surface area contributed by atoms with Crippen molar-refractivity contribution >= 4 is 18.7 Å². The van der Waals surface area contributed by atoms with E-state index >= 15 is 0 Å². The van der Waals surface area contributed by atoms with Crippen molar-refractivity contribution in [1.29, 1.82) is 0 Å². The van der Waals surface area contributed by atoms with Crippen LogP contribution in [0.2, 0.25) is 6.55 Å². The van der Waals surface area contributed by atoms with E-state index in [9.17, 15) is 0 Å². The predicted octanol–water partition coefficient (Wildman–Crippen LogP) is 4.90. The molecular formula is C22H28OSi. The van der Waals surface area contributed by atoms with Gasteiger partial charge < -0.3 is 4.43 Å². The van der Waals surface area contributed by atoms with Gasteiger partial charge in [-0.05, 0) is 42.8 Å². The first-order chi connectivity index (χ1) is 11.5. The fraction of sp³-hybridized carbons (Fsp3) is 0.273. The molecule has 0 aromatic heterocycles. The number of hydrogen-bond acceptors (Lipinski definition) is 1. The fourth-order valence-electron chi connectivity index (χ4n) is 3.07. The number of hydrogen-bond donors (Lipinski definition) is 0. The second-order valence-electron chi connectivity index (χ2n) is 6.66. The van der Waals surface area contributed by atoms with Gasteiger partial charge in [0.05, 0.1) is 5.76 Å². The Morgan fingerprint density at radius 3 is 1.83 bits per heavy atom. The summed E-state index contributed by atoms with van der Waals surface area (Å²) in [6.45, 7) is 12.7. The Hall–Kier alpha value is -2.06. The molecule has 0 aliphatic rings. The number of allylic oxidation sites excluding steroid dienone is 3. The van der Waals surface area contributed by atoms with Crippen LogP contribution in [-0.2, 0) is 4.43 Å². The zero-order chi connectivity index (χ0) is 17.6. The third-order valence-corrected chi connectivity index (χ3v) is 7.92. The predicted molar refractivity (Wildman–Crippen MR) is 107 cm³/mol. The topological polar surface area (TPSA) is 9.23 Å². The molecule has 0 radical (unpaired) electrons. The molecule has 0 bridgehead atoms. The van der Waals surface area contributed by atoms with E-state index in [0.717, 1.165) is 12.2 Å². The van der Waals surface area contributed by atoms with Crippen LogP contribution in [-0.4, -0.2) is 8.32 Å². The van der Waals surface area contributed by atoms with Crippen LogP contribution in [0.5, 0.6) is 0 Å². The largest absolute Gasteiger partial charge is 0.538 e. The zero-order valence-corrected chi connectivity index (χ0v) is 16.3. The summed E-state index contributed by atoms with van der Waals surface area (Å²) in [5, 5.41) is 2.58. The van der Waals surface area contributed by atoms with Crippen LogP contribution in [0.4, 0.5) is 0 Å². The first-order valence-corrected chi connectivity index (χ1v) is 11.0. The van der Waals surface area contributed by atoms with E-state index in [1.807, 2.05) is 6.08 Å². The average Bonchev–Trinajstić information content (AvgIpc) is 2.61. The van der Waals surface area contributed by atoms with E-state index in [4.69, 9.17) is 4.43 Å². The Morgan fingerprint density at radius 1 is 1.00 bits per heavy atom. The van der Waals surface area contributed by atoms with Crippen molar-refractivity contribution in [2.24, 2.45) is 5.92 Å². The smallest absolute Gasteiger partial charge is 0.311 e. The molecular weight excluding hydrogens is 308 g/mol. The molecule has 0 N–H and O–H groups in total. The van der Waals surface area contributed by atoms with Crippen LogP contribution in [0.25, 0.3) is 0 Å². The van der Waals surface area contributed by atoms with Gasteiger partial charge >= 0.3 is 8.32 Å². The molecule has 126 valence electrons. The van der Waals surface area contributed by atoms with Gasteiger partial charge in [-0.3, -0.25) is 0 Å². The third-order valence-electron chi connectivity index (χ3n) is 4.42. The van der Waals surface area contributed by atoms with E-state index in [1.165, 1.54) is 15.9 Å². The van der Waals surface area contributed by atoms with Crippen molar-refractivity contribution in [3.63, 3.8) is 0 Å². The Morgan fingerprint density at radius 2 is 1.46 bits per heavy atom. The molecule has 0 fully saturated rings. The molecule has 24 heavy (non-hydrogen) atoms. The highest BCUT2D eigenvalue weighted by atomic mass is 28.4. The van der Waals surface area contributed by atoms with E-state index in [-0.39, 0.29) is 0 Å². The molecule has 0 saturated heterocycles. The standard InChI is InChI=1S/C22H28OSi/c1-6-13-19(4)22(18(2)3)23-24(5,20-14-9-7-10-15-20)21-16-11-8-12-17-21/h6-12,14-17,19H,1,13H2,2-5H3. The van der Waals surface area contributed by atoms with Crippen LogP contribution in [0.15, 0.2) is 84.7 Å². The molecule has 2 heteroatoms. The maximum absolute atomic E-state index is 6.86. The SMILES string of the molecule is C=CCC(C)C(O[Si](C)(c1ccccc1)c1ccccc1)=C(C)C. The monoisotopic (exact) mass is 336 g/mol. The Kier molecular flexibility index (Phi) is 6.21. The van der Waals surface area contributed by atoms with Crippen molar-refractivity contribution in [2.75, 3.05) is 0 Å². The van der Waals surface area contributed by atoms with Gasteiger partial charge in [0.15, 0.2) is 0 Å². The number of rotatable bonds is 7. The lowest BCUT2D eigenvalue weighted by Crippen LogP contribution is -2.58. The quantitative estimate of drug-likeness (QED) is 0.397. The molecule has 0 aliphatic carbocycles. The molecule has 0 heterocycles. The molecule has 0 aliphatic heterocycles. The third kappa shape index (κ3) is 4.07. The molecule has 0 saturated carbocycles. The van der Waals surface area contributed by atoms with Gasteiger partial charge in [0.2, 0.25) is 0 Å². The van der Waals surface area contributed by atoms with E-state index in [1.54, 1.807) is 0 Å². The van der Waals surface area contributed by atoms with Crippen molar-refractivity contribution in [1.82, 2.24) is 0 Å². The van der Waals surface area contributed by atoms with Gasteiger partial charge in [-0.15, -0.1) is 6.58 Å².